The highest BCUT2D eigenvalue weighted by Crippen LogP contribution is 2.34. The standard InChI is InChI=1S/C18H16ClN3O3S2/c19-12-3-7-13(8-4-12)20-17(23)11-1-5-14(6-2-11)21-18-22-15-9-27(24,25)10-16(15)26-18/h1-8,15-16H,9-10H2,(H,20,23)(H,21,22)/t15-,16-/m1/s1. The molecular weight excluding hydrogens is 406 g/mol. The van der Waals surface area contributed by atoms with Crippen molar-refractivity contribution in [2.75, 3.05) is 22.1 Å². The van der Waals surface area contributed by atoms with Gasteiger partial charge in [-0.2, -0.15) is 0 Å². The molecule has 6 nitrogen and oxygen atoms in total. The third kappa shape index (κ3) is 4.28. The summed E-state index contributed by atoms with van der Waals surface area (Å²) in [5, 5.41) is 7.33. The lowest BCUT2D eigenvalue weighted by Crippen LogP contribution is -2.13. The fraction of sp³-hybridized carbons (Fsp3) is 0.222. The number of nitrogens with zero attached hydrogens (tertiary/aromatic N) is 1. The van der Waals surface area contributed by atoms with E-state index in [0.29, 0.717) is 16.3 Å². The number of nitrogens with one attached hydrogen (secondary N) is 2. The predicted molar refractivity (Wildman–Crippen MR) is 111 cm³/mol. The zero-order valence-corrected chi connectivity index (χ0v) is 16.4. The molecule has 0 saturated carbocycles. The molecule has 9 heteroatoms. The topological polar surface area (TPSA) is 87.6 Å². The SMILES string of the molecule is O=C(Nc1ccc(Cl)cc1)c1ccc(NC2=N[C@@H]3CS(=O)(=O)C[C@H]3S2)cc1. The first kappa shape index (κ1) is 18.3. The Morgan fingerprint density at radius 1 is 1.04 bits per heavy atom. The maximum Gasteiger partial charge on any atom is 0.255 e. The average Bonchev–Trinajstić information content (AvgIpc) is 3.10. The number of carbonyl (C=O) groups excluding carboxylic acids is 1. The number of amidine groups is 1. The molecular formula is C18H16ClN3O3S2. The number of carbonyl (C=O) groups is 1. The van der Waals surface area contributed by atoms with Crippen molar-refractivity contribution in [3.63, 3.8) is 0 Å². The Morgan fingerprint density at radius 2 is 1.70 bits per heavy atom. The fourth-order valence-electron chi connectivity index (χ4n) is 2.98. The van der Waals surface area contributed by atoms with Gasteiger partial charge in [0.15, 0.2) is 15.0 Å². The van der Waals surface area contributed by atoms with Crippen molar-refractivity contribution >= 4 is 55.6 Å². The minimum atomic E-state index is -2.95. The molecule has 2 N–H and O–H groups in total. The summed E-state index contributed by atoms with van der Waals surface area (Å²) < 4.78 is 23.2. The van der Waals surface area contributed by atoms with Gasteiger partial charge in [0.05, 0.1) is 17.5 Å². The van der Waals surface area contributed by atoms with Crippen LogP contribution in [0.5, 0.6) is 0 Å². The highest BCUT2D eigenvalue weighted by atomic mass is 35.5. The first-order valence-electron chi connectivity index (χ1n) is 8.27. The summed E-state index contributed by atoms with van der Waals surface area (Å²) in [5.74, 6) is 0.0942. The van der Waals surface area contributed by atoms with Crippen LogP contribution >= 0.6 is 23.4 Å². The van der Waals surface area contributed by atoms with E-state index in [1.54, 1.807) is 48.5 Å². The van der Waals surface area contributed by atoms with Crippen molar-refractivity contribution in [1.82, 2.24) is 0 Å². The number of fused-ring (bicyclic) bond motifs is 1. The molecule has 2 atom stereocenters. The van der Waals surface area contributed by atoms with Gasteiger partial charge in [-0.25, -0.2) is 8.42 Å². The molecule has 0 unspecified atom stereocenters. The van der Waals surface area contributed by atoms with E-state index in [2.05, 4.69) is 15.6 Å². The van der Waals surface area contributed by atoms with Gasteiger partial charge in [0.1, 0.15) is 0 Å². The van der Waals surface area contributed by atoms with Crippen LogP contribution in [0.4, 0.5) is 11.4 Å². The quantitative estimate of drug-likeness (QED) is 0.794. The van der Waals surface area contributed by atoms with Gasteiger partial charge in [-0.05, 0) is 48.5 Å². The van der Waals surface area contributed by atoms with Crippen LogP contribution in [-0.4, -0.2) is 42.3 Å². The second kappa shape index (κ2) is 7.18. The van der Waals surface area contributed by atoms with Gasteiger partial charge in [-0.15, -0.1) is 0 Å². The molecule has 2 aliphatic rings. The maximum atomic E-state index is 12.3. The van der Waals surface area contributed by atoms with Gasteiger partial charge in [-0.1, -0.05) is 23.4 Å². The smallest absolute Gasteiger partial charge is 0.255 e. The van der Waals surface area contributed by atoms with E-state index >= 15 is 0 Å². The van der Waals surface area contributed by atoms with Crippen molar-refractivity contribution < 1.29 is 13.2 Å². The number of aliphatic imine (C=N–C) groups is 1. The second-order valence-electron chi connectivity index (χ2n) is 6.40. The Bertz CT molecular complexity index is 1010. The van der Waals surface area contributed by atoms with E-state index in [9.17, 15) is 13.2 Å². The average molecular weight is 422 g/mol. The number of rotatable bonds is 3. The van der Waals surface area contributed by atoms with Crippen molar-refractivity contribution in [2.24, 2.45) is 4.99 Å². The minimum absolute atomic E-state index is 0.00178. The normalized spacial score (nSPS) is 22.8. The second-order valence-corrected chi connectivity index (χ2v) is 10.2. The first-order chi connectivity index (χ1) is 12.9. The number of anilines is 2. The lowest BCUT2D eigenvalue weighted by molar-refractivity contribution is 0.102. The molecule has 4 rings (SSSR count). The van der Waals surface area contributed by atoms with Crippen LogP contribution in [0.2, 0.25) is 5.02 Å². The van der Waals surface area contributed by atoms with Gasteiger partial charge in [-0.3, -0.25) is 9.79 Å². The molecule has 2 heterocycles. The summed E-state index contributed by atoms with van der Waals surface area (Å²) in [6.45, 7) is 0. The van der Waals surface area contributed by atoms with Crippen molar-refractivity contribution in [3.8, 4) is 0 Å². The number of hydrogen-bond acceptors (Lipinski definition) is 6. The number of hydrogen-bond donors (Lipinski definition) is 2. The van der Waals surface area contributed by atoms with E-state index in [-0.39, 0.29) is 28.7 Å². The van der Waals surface area contributed by atoms with E-state index in [0.717, 1.165) is 10.9 Å². The molecule has 0 spiro atoms. The van der Waals surface area contributed by atoms with Crippen LogP contribution < -0.4 is 10.6 Å². The summed E-state index contributed by atoms with van der Waals surface area (Å²) in [7, 11) is -2.95. The summed E-state index contributed by atoms with van der Waals surface area (Å²) in [4.78, 5) is 16.8. The van der Waals surface area contributed by atoms with Crippen LogP contribution in [0, 0.1) is 0 Å². The summed E-state index contributed by atoms with van der Waals surface area (Å²) in [5.41, 5.74) is 2.00. The van der Waals surface area contributed by atoms with E-state index in [4.69, 9.17) is 11.6 Å². The largest absolute Gasteiger partial charge is 0.335 e. The molecule has 2 aliphatic heterocycles. The maximum absolute atomic E-state index is 12.3. The molecule has 0 aromatic heterocycles. The molecule has 0 bridgehead atoms. The third-order valence-electron chi connectivity index (χ3n) is 4.32. The van der Waals surface area contributed by atoms with Gasteiger partial charge >= 0.3 is 0 Å². The van der Waals surface area contributed by atoms with Gasteiger partial charge in [0.25, 0.3) is 5.91 Å². The predicted octanol–water partition coefficient (Wildman–Crippen LogP) is 3.27. The lowest BCUT2D eigenvalue weighted by atomic mass is 10.2. The van der Waals surface area contributed by atoms with E-state index < -0.39 is 9.84 Å². The number of benzene rings is 2. The van der Waals surface area contributed by atoms with E-state index in [1.807, 2.05) is 0 Å². The van der Waals surface area contributed by atoms with Crippen LogP contribution in [0.3, 0.4) is 0 Å². The van der Waals surface area contributed by atoms with Crippen molar-refractivity contribution in [3.05, 3.63) is 59.1 Å². The van der Waals surface area contributed by atoms with E-state index in [1.165, 1.54) is 11.8 Å². The zero-order chi connectivity index (χ0) is 19.0. The Labute approximate surface area is 166 Å². The van der Waals surface area contributed by atoms with Crippen molar-refractivity contribution in [1.29, 1.82) is 0 Å². The number of thioether (sulfide) groups is 1. The van der Waals surface area contributed by atoms with Crippen molar-refractivity contribution in [2.45, 2.75) is 11.3 Å². The first-order valence-corrected chi connectivity index (χ1v) is 11.3. The Kier molecular flexibility index (Phi) is 4.88. The lowest BCUT2D eigenvalue weighted by Gasteiger charge is -2.08. The number of halogens is 1. The van der Waals surface area contributed by atoms with Crippen LogP contribution in [-0.2, 0) is 9.84 Å². The molecule has 2 aromatic rings. The Hall–Kier alpha value is -2.03. The molecule has 2 aromatic carbocycles. The summed E-state index contributed by atoms with van der Waals surface area (Å²) in [6, 6.07) is 13.8. The number of sulfone groups is 1. The van der Waals surface area contributed by atoms with Gasteiger partial charge in [0, 0.05) is 27.2 Å². The molecule has 27 heavy (non-hydrogen) atoms. The summed E-state index contributed by atoms with van der Waals surface area (Å²) >= 11 is 7.30. The summed E-state index contributed by atoms with van der Waals surface area (Å²) in [6.07, 6.45) is 0. The molecule has 1 amide bonds. The van der Waals surface area contributed by atoms with Crippen LogP contribution in [0.25, 0.3) is 0 Å². The third-order valence-corrected chi connectivity index (χ3v) is 7.71. The molecule has 1 saturated heterocycles. The Morgan fingerprint density at radius 3 is 2.37 bits per heavy atom. The Balaban J connectivity index is 1.38. The molecule has 0 aliphatic carbocycles. The van der Waals surface area contributed by atoms with Crippen LogP contribution in [0.1, 0.15) is 10.4 Å². The highest BCUT2D eigenvalue weighted by molar-refractivity contribution is 8.15. The molecule has 140 valence electrons. The highest BCUT2D eigenvalue weighted by Gasteiger charge is 2.42. The molecule has 1 fully saturated rings. The van der Waals surface area contributed by atoms with Gasteiger partial charge < -0.3 is 10.6 Å². The monoisotopic (exact) mass is 421 g/mol. The van der Waals surface area contributed by atoms with Gasteiger partial charge in [0.2, 0.25) is 0 Å². The number of amides is 1. The zero-order valence-electron chi connectivity index (χ0n) is 14.1. The van der Waals surface area contributed by atoms with Crippen LogP contribution in [0.15, 0.2) is 53.5 Å². The fourth-order valence-corrected chi connectivity index (χ4v) is 6.78. The minimum Gasteiger partial charge on any atom is -0.335 e. The molecule has 0 radical (unpaired) electrons.